The van der Waals surface area contributed by atoms with Crippen LogP contribution in [-0.2, 0) is 6.42 Å². The number of pyridine rings is 1. The highest BCUT2D eigenvalue weighted by atomic mass is 32.2. The van der Waals surface area contributed by atoms with Gasteiger partial charge in [0, 0.05) is 23.9 Å². The normalized spacial score (nSPS) is 12.2. The molecule has 0 aliphatic heterocycles. The number of halogens is 3. The average Bonchev–Trinajstić information content (AvgIpc) is 3.04. The van der Waals surface area contributed by atoms with Crippen molar-refractivity contribution in [2.45, 2.75) is 12.6 Å². The summed E-state index contributed by atoms with van der Waals surface area (Å²) in [5.41, 5.74) is 0.265. The predicted molar refractivity (Wildman–Crippen MR) is 104 cm³/mol. The third-order valence-electron chi connectivity index (χ3n) is 3.66. The first kappa shape index (κ1) is 20.6. The molecule has 29 heavy (non-hydrogen) atoms. The van der Waals surface area contributed by atoms with Crippen LogP contribution in [0.3, 0.4) is 0 Å². The fraction of sp³-hybridized carbons (Fsp3) is 0.222. The molecule has 0 N–H and O–H groups in total. The minimum Gasteiger partial charge on any atom is -0.481 e. The molecule has 0 aliphatic rings. The van der Waals surface area contributed by atoms with Crippen LogP contribution < -0.4 is 9.47 Å². The van der Waals surface area contributed by atoms with Gasteiger partial charge < -0.3 is 9.47 Å². The SMILES string of the molecule is C=N/C(=C\SCOc1ccc(OC)nc1)c1c(CC(F)(F)F)nc2ncccn12. The molecule has 152 valence electrons. The minimum atomic E-state index is -4.42. The molecule has 0 aliphatic carbocycles. The average molecular weight is 423 g/mol. The number of aromatic nitrogens is 4. The van der Waals surface area contributed by atoms with E-state index in [0.29, 0.717) is 11.6 Å². The number of methoxy groups -OCH3 is 1. The third-order valence-corrected chi connectivity index (χ3v) is 4.31. The highest BCUT2D eigenvalue weighted by molar-refractivity contribution is 8.02. The lowest BCUT2D eigenvalue weighted by Crippen LogP contribution is -2.13. The van der Waals surface area contributed by atoms with E-state index in [4.69, 9.17) is 9.47 Å². The molecule has 7 nitrogen and oxygen atoms in total. The van der Waals surface area contributed by atoms with E-state index in [1.165, 1.54) is 35.7 Å². The maximum atomic E-state index is 13.0. The van der Waals surface area contributed by atoms with Crippen LogP contribution in [-0.4, -0.2) is 45.3 Å². The van der Waals surface area contributed by atoms with Crippen LogP contribution in [0.25, 0.3) is 11.5 Å². The van der Waals surface area contributed by atoms with Gasteiger partial charge in [0.15, 0.2) is 0 Å². The number of nitrogens with zero attached hydrogens (tertiary/aromatic N) is 5. The monoisotopic (exact) mass is 423 g/mol. The summed E-state index contributed by atoms with van der Waals surface area (Å²) >= 11 is 1.20. The van der Waals surface area contributed by atoms with Gasteiger partial charge in [0.1, 0.15) is 11.7 Å². The third kappa shape index (κ3) is 5.25. The zero-order valence-electron chi connectivity index (χ0n) is 15.3. The Labute approximate surface area is 168 Å². The summed E-state index contributed by atoms with van der Waals surface area (Å²) in [5.74, 6) is 1.33. The van der Waals surface area contributed by atoms with Crippen LogP contribution >= 0.6 is 11.8 Å². The molecule has 0 saturated carbocycles. The number of ether oxygens (including phenoxy) is 2. The molecule has 0 atom stereocenters. The second kappa shape index (κ2) is 8.95. The summed E-state index contributed by atoms with van der Waals surface area (Å²) in [7, 11) is 1.51. The van der Waals surface area contributed by atoms with Gasteiger partial charge in [-0.3, -0.25) is 9.39 Å². The fourth-order valence-corrected chi connectivity index (χ4v) is 3.09. The quantitative estimate of drug-likeness (QED) is 0.310. The molecule has 11 heteroatoms. The largest absolute Gasteiger partial charge is 0.481 e. The van der Waals surface area contributed by atoms with Gasteiger partial charge in [0.2, 0.25) is 11.7 Å². The van der Waals surface area contributed by atoms with Gasteiger partial charge in [-0.15, -0.1) is 0 Å². The molecule has 0 fully saturated rings. The number of rotatable bonds is 8. The molecule has 0 aromatic carbocycles. The first-order chi connectivity index (χ1) is 13.9. The first-order valence-corrected chi connectivity index (χ1v) is 9.26. The van der Waals surface area contributed by atoms with Crippen molar-refractivity contribution in [3.8, 4) is 11.6 Å². The van der Waals surface area contributed by atoms with E-state index < -0.39 is 12.6 Å². The van der Waals surface area contributed by atoms with E-state index in [0.717, 1.165) is 0 Å². The Balaban J connectivity index is 1.80. The highest BCUT2D eigenvalue weighted by Crippen LogP contribution is 2.29. The smallest absolute Gasteiger partial charge is 0.394 e. The van der Waals surface area contributed by atoms with Gasteiger partial charge in [0.25, 0.3) is 0 Å². The molecule has 3 aromatic heterocycles. The summed E-state index contributed by atoms with van der Waals surface area (Å²) in [6.45, 7) is 3.48. The van der Waals surface area contributed by atoms with Gasteiger partial charge in [-0.2, -0.15) is 13.2 Å². The molecule has 0 radical (unpaired) electrons. The Morgan fingerprint density at radius 2 is 2.17 bits per heavy atom. The Morgan fingerprint density at radius 1 is 1.34 bits per heavy atom. The van der Waals surface area contributed by atoms with Crippen molar-refractivity contribution in [3.63, 3.8) is 0 Å². The Morgan fingerprint density at radius 3 is 2.83 bits per heavy atom. The second-order valence-electron chi connectivity index (χ2n) is 5.62. The molecule has 3 aromatic rings. The van der Waals surface area contributed by atoms with Crippen LogP contribution in [0, 0.1) is 0 Å². The van der Waals surface area contributed by atoms with Crippen LogP contribution in [0.1, 0.15) is 11.4 Å². The van der Waals surface area contributed by atoms with Gasteiger partial charge in [-0.25, -0.2) is 15.0 Å². The van der Waals surface area contributed by atoms with Crippen molar-refractivity contribution in [2.75, 3.05) is 13.0 Å². The second-order valence-corrected chi connectivity index (χ2v) is 6.42. The highest BCUT2D eigenvalue weighted by Gasteiger charge is 2.32. The number of imidazole rings is 1. The van der Waals surface area contributed by atoms with Crippen molar-refractivity contribution in [1.29, 1.82) is 0 Å². The number of hydrogen-bond donors (Lipinski definition) is 0. The zero-order valence-corrected chi connectivity index (χ0v) is 16.1. The topological polar surface area (TPSA) is 73.9 Å². The maximum absolute atomic E-state index is 13.0. The van der Waals surface area contributed by atoms with E-state index in [-0.39, 0.29) is 28.8 Å². The Hall–Kier alpha value is -3.08. The maximum Gasteiger partial charge on any atom is 0.394 e. The number of hydrogen-bond acceptors (Lipinski definition) is 7. The van der Waals surface area contributed by atoms with E-state index in [1.807, 2.05) is 0 Å². The summed E-state index contributed by atoms with van der Waals surface area (Å²) in [6, 6.07) is 4.95. The Kier molecular flexibility index (Phi) is 6.37. The lowest BCUT2D eigenvalue weighted by Gasteiger charge is -2.08. The standard InChI is InChI=1S/C18H16F3N5O2S/c1-22-14(10-29-11-28-12-4-5-15(27-2)24-9-12)16-13(8-18(19,20)21)25-17-23-6-3-7-26(16)17/h3-7,9-10H,1,8,11H2,2H3/b14-10-. The first-order valence-electron chi connectivity index (χ1n) is 8.21. The van der Waals surface area contributed by atoms with Crippen LogP contribution in [0.2, 0.25) is 0 Å². The van der Waals surface area contributed by atoms with E-state index in [9.17, 15) is 13.2 Å². The molecule has 3 rings (SSSR count). The molecule has 0 saturated heterocycles. The summed E-state index contributed by atoms with van der Waals surface area (Å²) < 4.78 is 50.9. The molecular weight excluding hydrogens is 407 g/mol. The van der Waals surface area contributed by atoms with Gasteiger partial charge in [0.05, 0.1) is 36.8 Å². The van der Waals surface area contributed by atoms with Crippen LogP contribution in [0.4, 0.5) is 13.2 Å². The van der Waals surface area contributed by atoms with Gasteiger partial charge >= 0.3 is 6.18 Å². The molecule has 3 heterocycles. The van der Waals surface area contributed by atoms with E-state index in [2.05, 4.69) is 26.7 Å². The molecule has 0 spiro atoms. The van der Waals surface area contributed by atoms with Crippen molar-refractivity contribution < 1.29 is 22.6 Å². The summed E-state index contributed by atoms with van der Waals surface area (Å²) in [4.78, 5) is 15.9. The van der Waals surface area contributed by atoms with Crippen molar-refractivity contribution in [2.24, 2.45) is 4.99 Å². The molecule has 0 amide bonds. The zero-order chi connectivity index (χ0) is 20.9. The van der Waals surface area contributed by atoms with E-state index in [1.54, 1.807) is 29.8 Å². The van der Waals surface area contributed by atoms with Gasteiger partial charge in [-0.05, 0) is 18.9 Å². The van der Waals surface area contributed by atoms with Crippen LogP contribution in [0.5, 0.6) is 11.6 Å². The van der Waals surface area contributed by atoms with Crippen molar-refractivity contribution in [3.05, 3.63) is 53.6 Å². The minimum absolute atomic E-state index is 0.154. The van der Waals surface area contributed by atoms with Crippen molar-refractivity contribution >= 4 is 30.0 Å². The number of alkyl halides is 3. The molecule has 0 bridgehead atoms. The fourth-order valence-electron chi connectivity index (χ4n) is 2.47. The number of aliphatic imine (C=N–C) groups is 1. The number of thioether (sulfide) groups is 1. The van der Waals surface area contributed by atoms with Gasteiger partial charge in [-0.1, -0.05) is 11.8 Å². The lowest BCUT2D eigenvalue weighted by atomic mass is 10.2. The predicted octanol–water partition coefficient (Wildman–Crippen LogP) is 4.01. The summed E-state index contributed by atoms with van der Waals surface area (Å²) in [6.07, 6.45) is -1.07. The molecule has 0 unspecified atom stereocenters. The Bertz CT molecular complexity index is 1020. The lowest BCUT2D eigenvalue weighted by molar-refractivity contribution is -0.127. The number of fused-ring (bicyclic) bond motifs is 1. The van der Waals surface area contributed by atoms with Crippen molar-refractivity contribution in [1.82, 2.24) is 19.4 Å². The van der Waals surface area contributed by atoms with Crippen LogP contribution in [0.15, 0.2) is 47.2 Å². The molecular formula is C18H16F3N5O2S. The summed E-state index contributed by atoms with van der Waals surface area (Å²) in [5, 5.41) is 1.57. The van der Waals surface area contributed by atoms with E-state index >= 15 is 0 Å².